The van der Waals surface area contributed by atoms with Crippen LogP contribution in [0.15, 0.2) is 41.7 Å². The van der Waals surface area contributed by atoms with Crippen LogP contribution in [0.3, 0.4) is 0 Å². The number of aromatic amines is 1. The van der Waals surface area contributed by atoms with Gasteiger partial charge < -0.3 is 15.6 Å². The van der Waals surface area contributed by atoms with Crippen LogP contribution in [0.4, 0.5) is 0 Å². The fraction of sp³-hybridized carbons (Fsp3) is 0.333. The molecular weight excluding hydrogens is 445 g/mol. The Morgan fingerprint density at radius 1 is 1.28 bits per heavy atom. The number of nitrogens with zero attached hydrogens (tertiary/aromatic N) is 2. The smallest absolute Gasteiger partial charge is 0.191 e. The Balaban J connectivity index is 0.00000225. The first-order valence-electron chi connectivity index (χ1n) is 8.17. The van der Waals surface area contributed by atoms with Crippen molar-refractivity contribution in [3.8, 4) is 0 Å². The molecule has 0 unspecified atom stereocenters. The first kappa shape index (κ1) is 19.7. The SMILES string of the molecule is CN=C(NCCCc1c[nH]c2ccccc12)NCc1ncc(C)s1.I. The number of aliphatic imine (C=N–C) groups is 1. The van der Waals surface area contributed by atoms with Crippen LogP contribution >= 0.6 is 35.3 Å². The van der Waals surface area contributed by atoms with E-state index in [-0.39, 0.29) is 24.0 Å². The zero-order chi connectivity index (χ0) is 16.8. The number of hydrogen-bond donors (Lipinski definition) is 3. The van der Waals surface area contributed by atoms with Gasteiger partial charge in [0.05, 0.1) is 6.54 Å². The second kappa shape index (κ2) is 9.76. The highest BCUT2D eigenvalue weighted by molar-refractivity contribution is 14.0. The number of aromatic nitrogens is 2. The van der Waals surface area contributed by atoms with Gasteiger partial charge in [-0.05, 0) is 31.4 Å². The molecule has 0 aliphatic rings. The number of nitrogens with one attached hydrogen (secondary N) is 3. The van der Waals surface area contributed by atoms with Crippen molar-refractivity contribution in [2.45, 2.75) is 26.3 Å². The monoisotopic (exact) mass is 469 g/mol. The lowest BCUT2D eigenvalue weighted by Crippen LogP contribution is -2.37. The highest BCUT2D eigenvalue weighted by atomic mass is 127. The van der Waals surface area contributed by atoms with Crippen molar-refractivity contribution in [2.75, 3.05) is 13.6 Å². The zero-order valence-corrected chi connectivity index (χ0v) is 17.7. The number of benzene rings is 1. The summed E-state index contributed by atoms with van der Waals surface area (Å²) in [5.41, 5.74) is 2.57. The third-order valence-electron chi connectivity index (χ3n) is 3.89. The number of aryl methyl sites for hydroxylation is 2. The van der Waals surface area contributed by atoms with E-state index in [9.17, 15) is 0 Å². The molecule has 7 heteroatoms. The molecule has 1 aromatic carbocycles. The fourth-order valence-corrected chi connectivity index (χ4v) is 3.41. The molecule has 134 valence electrons. The van der Waals surface area contributed by atoms with E-state index in [4.69, 9.17) is 0 Å². The molecular formula is C18H24IN5S. The Labute approximate surface area is 169 Å². The number of fused-ring (bicyclic) bond motifs is 1. The number of H-pyrrole nitrogens is 1. The van der Waals surface area contributed by atoms with Crippen LogP contribution in [0.25, 0.3) is 10.9 Å². The average Bonchev–Trinajstić information content (AvgIpc) is 3.20. The molecule has 3 aromatic rings. The van der Waals surface area contributed by atoms with Crippen molar-refractivity contribution in [3.05, 3.63) is 52.1 Å². The summed E-state index contributed by atoms with van der Waals surface area (Å²) in [6.07, 6.45) is 6.11. The van der Waals surface area contributed by atoms with E-state index in [1.807, 2.05) is 6.20 Å². The highest BCUT2D eigenvalue weighted by Gasteiger charge is 2.04. The largest absolute Gasteiger partial charge is 0.361 e. The van der Waals surface area contributed by atoms with Gasteiger partial charge >= 0.3 is 0 Å². The van der Waals surface area contributed by atoms with E-state index < -0.39 is 0 Å². The molecule has 0 atom stereocenters. The van der Waals surface area contributed by atoms with Crippen LogP contribution in [0.2, 0.25) is 0 Å². The van der Waals surface area contributed by atoms with Gasteiger partial charge in [-0.2, -0.15) is 0 Å². The van der Waals surface area contributed by atoms with Gasteiger partial charge in [-0.25, -0.2) is 4.98 Å². The molecule has 3 N–H and O–H groups in total. The van der Waals surface area contributed by atoms with Gasteiger partial charge in [-0.15, -0.1) is 35.3 Å². The summed E-state index contributed by atoms with van der Waals surface area (Å²) in [5.74, 6) is 0.821. The van der Waals surface area contributed by atoms with Gasteiger partial charge in [-0.1, -0.05) is 18.2 Å². The molecule has 0 bridgehead atoms. The molecule has 0 aliphatic heterocycles. The summed E-state index contributed by atoms with van der Waals surface area (Å²) in [4.78, 5) is 13.2. The summed E-state index contributed by atoms with van der Waals surface area (Å²) >= 11 is 1.71. The zero-order valence-electron chi connectivity index (χ0n) is 14.5. The lowest BCUT2D eigenvalue weighted by molar-refractivity contribution is 0.743. The predicted octanol–water partition coefficient (Wildman–Crippen LogP) is 3.85. The van der Waals surface area contributed by atoms with E-state index in [1.165, 1.54) is 21.3 Å². The molecule has 2 heterocycles. The Morgan fingerprint density at radius 3 is 2.88 bits per heavy atom. The van der Waals surface area contributed by atoms with Crippen molar-refractivity contribution >= 4 is 52.2 Å². The quantitative estimate of drug-likeness (QED) is 0.223. The number of rotatable bonds is 6. The van der Waals surface area contributed by atoms with Crippen molar-refractivity contribution in [1.82, 2.24) is 20.6 Å². The minimum absolute atomic E-state index is 0. The third-order valence-corrected chi connectivity index (χ3v) is 4.80. The Bertz CT molecular complexity index is 824. The highest BCUT2D eigenvalue weighted by Crippen LogP contribution is 2.18. The summed E-state index contributed by atoms with van der Waals surface area (Å²) < 4.78 is 0. The molecule has 25 heavy (non-hydrogen) atoms. The van der Waals surface area contributed by atoms with Crippen LogP contribution in [-0.2, 0) is 13.0 Å². The van der Waals surface area contributed by atoms with Gasteiger partial charge in [0.15, 0.2) is 5.96 Å². The molecule has 0 saturated carbocycles. The normalized spacial score (nSPS) is 11.4. The Morgan fingerprint density at radius 2 is 2.12 bits per heavy atom. The van der Waals surface area contributed by atoms with E-state index in [0.717, 1.165) is 30.4 Å². The lowest BCUT2D eigenvalue weighted by Gasteiger charge is -2.10. The summed E-state index contributed by atoms with van der Waals surface area (Å²) in [6.45, 7) is 3.66. The van der Waals surface area contributed by atoms with Crippen LogP contribution < -0.4 is 10.6 Å². The average molecular weight is 469 g/mol. The third kappa shape index (κ3) is 5.43. The Kier molecular flexibility index (Phi) is 7.70. The van der Waals surface area contributed by atoms with Crippen molar-refractivity contribution in [3.63, 3.8) is 0 Å². The van der Waals surface area contributed by atoms with Gasteiger partial charge in [0.25, 0.3) is 0 Å². The van der Waals surface area contributed by atoms with Crippen LogP contribution in [0.5, 0.6) is 0 Å². The molecule has 0 aliphatic carbocycles. The fourth-order valence-electron chi connectivity index (χ4n) is 2.69. The van der Waals surface area contributed by atoms with E-state index in [0.29, 0.717) is 6.54 Å². The Hall–Kier alpha value is -1.61. The van der Waals surface area contributed by atoms with Gasteiger partial charge in [0.2, 0.25) is 0 Å². The van der Waals surface area contributed by atoms with Gasteiger partial charge in [0, 0.05) is 41.8 Å². The van der Waals surface area contributed by atoms with Gasteiger partial charge in [-0.3, -0.25) is 4.99 Å². The number of hydrogen-bond acceptors (Lipinski definition) is 3. The molecule has 0 spiro atoms. The number of thiazole rings is 1. The van der Waals surface area contributed by atoms with E-state index in [1.54, 1.807) is 18.4 Å². The van der Waals surface area contributed by atoms with Crippen molar-refractivity contribution in [2.24, 2.45) is 4.99 Å². The van der Waals surface area contributed by atoms with Crippen LogP contribution in [0, 0.1) is 6.92 Å². The van der Waals surface area contributed by atoms with Crippen molar-refractivity contribution < 1.29 is 0 Å². The number of halogens is 1. The second-order valence-electron chi connectivity index (χ2n) is 5.68. The second-order valence-corrected chi connectivity index (χ2v) is 7.00. The van der Waals surface area contributed by atoms with E-state index in [2.05, 4.69) is 63.0 Å². The summed E-state index contributed by atoms with van der Waals surface area (Å²) in [6, 6.07) is 8.43. The van der Waals surface area contributed by atoms with E-state index >= 15 is 0 Å². The topological polar surface area (TPSA) is 65.1 Å². The number of para-hydroxylation sites is 1. The standard InChI is InChI=1S/C18H23N5S.HI/c1-13-10-22-17(24-13)12-23-18(19-2)20-9-5-6-14-11-21-16-8-4-3-7-15(14)16;/h3-4,7-8,10-11,21H,5-6,9,12H2,1-2H3,(H2,19,20,23);1H. The lowest BCUT2D eigenvalue weighted by atomic mass is 10.1. The molecule has 2 aromatic heterocycles. The van der Waals surface area contributed by atoms with Crippen molar-refractivity contribution in [1.29, 1.82) is 0 Å². The predicted molar refractivity (Wildman–Crippen MR) is 117 cm³/mol. The summed E-state index contributed by atoms with van der Waals surface area (Å²) in [7, 11) is 1.79. The molecule has 0 amide bonds. The molecule has 3 rings (SSSR count). The van der Waals surface area contributed by atoms with Crippen LogP contribution in [-0.4, -0.2) is 29.5 Å². The maximum Gasteiger partial charge on any atom is 0.191 e. The maximum atomic E-state index is 4.35. The maximum absolute atomic E-state index is 4.35. The molecule has 5 nitrogen and oxygen atoms in total. The minimum Gasteiger partial charge on any atom is -0.361 e. The summed E-state index contributed by atoms with van der Waals surface area (Å²) in [5, 5.41) is 9.06. The first-order valence-corrected chi connectivity index (χ1v) is 8.98. The van der Waals surface area contributed by atoms with Crippen LogP contribution in [0.1, 0.15) is 21.9 Å². The van der Waals surface area contributed by atoms with Gasteiger partial charge in [0.1, 0.15) is 5.01 Å². The number of guanidine groups is 1. The minimum atomic E-state index is 0. The first-order chi connectivity index (χ1) is 11.8. The molecule has 0 radical (unpaired) electrons. The molecule has 0 fully saturated rings. The molecule has 0 saturated heterocycles.